The van der Waals surface area contributed by atoms with Crippen LogP contribution < -0.4 is 15.5 Å². The van der Waals surface area contributed by atoms with Crippen molar-refractivity contribution in [3.8, 4) is 0 Å². The van der Waals surface area contributed by atoms with Crippen LogP contribution in [0.25, 0.3) is 0 Å². The fourth-order valence-electron chi connectivity index (χ4n) is 7.62. The third-order valence-electron chi connectivity index (χ3n) is 10.8. The molecule has 2 atom stereocenters. The number of fused-ring (bicyclic) bond motifs is 1. The van der Waals surface area contributed by atoms with Crippen molar-refractivity contribution in [1.82, 2.24) is 30.1 Å². The molecule has 7 rings (SSSR count). The summed E-state index contributed by atoms with van der Waals surface area (Å²) >= 11 is 0. The summed E-state index contributed by atoms with van der Waals surface area (Å²) in [5.74, 6) is 0.104. The zero-order chi connectivity index (χ0) is 34.3. The molecule has 3 amide bonds. The molecule has 1 aromatic carbocycles. The summed E-state index contributed by atoms with van der Waals surface area (Å²) < 4.78 is 0. The molecule has 3 fully saturated rings. The maximum absolute atomic E-state index is 13.3. The normalized spacial score (nSPS) is 23.2. The van der Waals surface area contributed by atoms with Gasteiger partial charge in [-0.25, -0.2) is 9.97 Å². The number of benzene rings is 1. The summed E-state index contributed by atoms with van der Waals surface area (Å²) in [6, 6.07) is 11.6. The van der Waals surface area contributed by atoms with Crippen LogP contribution >= 0.6 is 0 Å². The highest BCUT2D eigenvalue weighted by Crippen LogP contribution is 2.39. The molecule has 0 spiro atoms. The van der Waals surface area contributed by atoms with Crippen molar-refractivity contribution in [2.45, 2.75) is 95.5 Å². The molecular weight excluding hydrogens is 620 g/mol. The topological polar surface area (TPSA) is 144 Å². The zero-order valence-electron chi connectivity index (χ0n) is 28.6. The van der Waals surface area contributed by atoms with E-state index >= 15 is 0 Å². The Balaban J connectivity index is 0.904. The summed E-state index contributed by atoms with van der Waals surface area (Å²) in [7, 11) is 0. The summed E-state index contributed by atoms with van der Waals surface area (Å²) in [6.07, 6.45) is 7.45. The van der Waals surface area contributed by atoms with Gasteiger partial charge in [0.05, 0.1) is 23.0 Å². The van der Waals surface area contributed by atoms with E-state index in [1.165, 1.54) is 16.2 Å². The summed E-state index contributed by atoms with van der Waals surface area (Å²) in [4.78, 5) is 57.6. The predicted octanol–water partition coefficient (Wildman–Crippen LogP) is 3.88. The standard InChI is InChI=1S/C37H46N8O4/c1-23(2)26-20-38-36(39-21-26)40-27-12-16-44(17-13-27)28-6-4-25(5-7-28)22-43-18-14-37(49,15-19-43)31-10-8-29-33(41-31)24(3)45(35(29)48)30-9-11-32(46)42-34(30)47/h4-8,10,20-21,23-24,27,30,49H,9,11-19,22H2,1-3H3,(H,38,39,40)(H,42,46,47)/t24-,30+/m1/s1. The van der Waals surface area contributed by atoms with E-state index in [0.717, 1.165) is 51.1 Å². The van der Waals surface area contributed by atoms with Crippen LogP contribution in [0, 0.1) is 0 Å². The fraction of sp³-hybridized carbons (Fsp3) is 0.514. The van der Waals surface area contributed by atoms with Crippen molar-refractivity contribution in [3.05, 3.63) is 76.9 Å². The van der Waals surface area contributed by atoms with E-state index in [1.54, 1.807) is 12.1 Å². The highest BCUT2D eigenvalue weighted by Gasteiger charge is 2.45. The Morgan fingerprint density at radius 1 is 0.959 bits per heavy atom. The van der Waals surface area contributed by atoms with Gasteiger partial charge in [-0.1, -0.05) is 26.0 Å². The van der Waals surface area contributed by atoms with Crippen LogP contribution in [-0.2, 0) is 21.7 Å². The maximum Gasteiger partial charge on any atom is 0.257 e. The Morgan fingerprint density at radius 3 is 2.31 bits per heavy atom. The van der Waals surface area contributed by atoms with Crippen molar-refractivity contribution < 1.29 is 19.5 Å². The van der Waals surface area contributed by atoms with Crippen LogP contribution in [0.2, 0.25) is 0 Å². The van der Waals surface area contributed by atoms with Crippen LogP contribution in [0.4, 0.5) is 11.6 Å². The van der Waals surface area contributed by atoms with Gasteiger partial charge in [-0.15, -0.1) is 0 Å². The summed E-state index contributed by atoms with van der Waals surface area (Å²) in [6.45, 7) is 10.3. The molecule has 0 radical (unpaired) electrons. The van der Waals surface area contributed by atoms with Crippen molar-refractivity contribution in [2.75, 3.05) is 36.4 Å². The molecule has 4 aliphatic heterocycles. The van der Waals surface area contributed by atoms with Crippen molar-refractivity contribution in [3.63, 3.8) is 0 Å². The van der Waals surface area contributed by atoms with Gasteiger partial charge in [0.2, 0.25) is 17.8 Å². The number of hydrogen-bond acceptors (Lipinski definition) is 10. The highest BCUT2D eigenvalue weighted by atomic mass is 16.3. The highest BCUT2D eigenvalue weighted by molar-refractivity contribution is 6.05. The minimum Gasteiger partial charge on any atom is -0.383 e. The van der Waals surface area contributed by atoms with Crippen LogP contribution in [0.15, 0.2) is 48.8 Å². The molecule has 4 aliphatic rings. The number of nitrogens with one attached hydrogen (secondary N) is 2. The third kappa shape index (κ3) is 6.76. The minimum atomic E-state index is -1.09. The predicted molar refractivity (Wildman–Crippen MR) is 185 cm³/mol. The third-order valence-corrected chi connectivity index (χ3v) is 10.8. The molecule has 12 heteroatoms. The van der Waals surface area contributed by atoms with Gasteiger partial charge >= 0.3 is 0 Å². The van der Waals surface area contributed by atoms with Gasteiger partial charge in [0.25, 0.3) is 5.91 Å². The lowest BCUT2D eigenvalue weighted by molar-refractivity contribution is -0.137. The molecule has 3 saturated heterocycles. The molecule has 49 heavy (non-hydrogen) atoms. The number of aromatic nitrogens is 3. The largest absolute Gasteiger partial charge is 0.383 e. The molecule has 3 aromatic rings. The SMILES string of the molecule is CC(C)c1cnc(NC2CCN(c3ccc(CN4CCC(O)(c5ccc6c(n5)[C@@H](C)N([C@H]5CCC(=O)NC5=O)C6=O)CC4)cc3)CC2)nc1. The van der Waals surface area contributed by atoms with Gasteiger partial charge in [0, 0.05) is 63.3 Å². The van der Waals surface area contributed by atoms with Gasteiger partial charge in [-0.3, -0.25) is 29.6 Å². The monoisotopic (exact) mass is 666 g/mol. The van der Waals surface area contributed by atoms with E-state index in [4.69, 9.17) is 4.98 Å². The zero-order valence-corrected chi connectivity index (χ0v) is 28.6. The molecule has 0 unspecified atom stereocenters. The lowest BCUT2D eigenvalue weighted by Crippen LogP contribution is -2.53. The molecule has 0 bridgehead atoms. The lowest BCUT2D eigenvalue weighted by Gasteiger charge is -2.38. The number of amides is 3. The smallest absolute Gasteiger partial charge is 0.257 e. The number of anilines is 2. The molecule has 3 N–H and O–H groups in total. The average molecular weight is 667 g/mol. The number of pyridine rings is 1. The lowest BCUT2D eigenvalue weighted by atomic mass is 9.87. The van der Waals surface area contributed by atoms with Crippen molar-refractivity contribution >= 4 is 29.4 Å². The molecule has 12 nitrogen and oxygen atoms in total. The number of hydrogen-bond donors (Lipinski definition) is 3. The van der Waals surface area contributed by atoms with Gasteiger partial charge < -0.3 is 20.2 Å². The first-order valence-corrected chi connectivity index (χ1v) is 17.6. The second kappa shape index (κ2) is 13.5. The second-order valence-electron chi connectivity index (χ2n) is 14.4. The summed E-state index contributed by atoms with van der Waals surface area (Å²) in [5.41, 5.74) is 4.13. The first-order valence-electron chi connectivity index (χ1n) is 17.6. The van der Waals surface area contributed by atoms with Crippen LogP contribution in [0.5, 0.6) is 0 Å². The van der Waals surface area contributed by atoms with E-state index in [2.05, 4.69) is 68.5 Å². The van der Waals surface area contributed by atoms with Gasteiger partial charge in [-0.2, -0.15) is 0 Å². The number of imide groups is 1. The Morgan fingerprint density at radius 2 is 1.65 bits per heavy atom. The van der Waals surface area contributed by atoms with Gasteiger partial charge in [-0.05, 0) is 80.3 Å². The van der Waals surface area contributed by atoms with E-state index in [0.29, 0.717) is 54.1 Å². The number of likely N-dealkylation sites (tertiary alicyclic amines) is 1. The van der Waals surface area contributed by atoms with E-state index in [9.17, 15) is 19.5 Å². The van der Waals surface area contributed by atoms with E-state index < -0.39 is 23.6 Å². The molecular formula is C37H46N8O4. The minimum absolute atomic E-state index is 0.199. The summed E-state index contributed by atoms with van der Waals surface area (Å²) in [5, 5.41) is 17.6. The maximum atomic E-state index is 13.3. The number of nitrogens with zero attached hydrogens (tertiary/aromatic N) is 6. The number of aliphatic hydroxyl groups is 1. The Hall–Kier alpha value is -4.42. The fourth-order valence-corrected chi connectivity index (χ4v) is 7.62. The average Bonchev–Trinajstić information content (AvgIpc) is 3.35. The van der Waals surface area contributed by atoms with Gasteiger partial charge in [0.15, 0.2) is 0 Å². The Bertz CT molecular complexity index is 1700. The first kappa shape index (κ1) is 33.1. The Labute approximate surface area is 287 Å². The van der Waals surface area contributed by atoms with Crippen LogP contribution in [0.3, 0.4) is 0 Å². The van der Waals surface area contributed by atoms with E-state index in [-0.39, 0.29) is 18.2 Å². The quantitative estimate of drug-likeness (QED) is 0.303. The molecule has 2 aromatic heterocycles. The van der Waals surface area contributed by atoms with Crippen molar-refractivity contribution in [2.24, 2.45) is 0 Å². The van der Waals surface area contributed by atoms with Crippen LogP contribution in [-0.4, -0.2) is 85.8 Å². The molecule has 0 saturated carbocycles. The Kier molecular flexibility index (Phi) is 9.10. The first-order chi connectivity index (χ1) is 23.6. The molecule has 6 heterocycles. The van der Waals surface area contributed by atoms with Crippen molar-refractivity contribution in [1.29, 1.82) is 0 Å². The molecule has 258 valence electrons. The van der Waals surface area contributed by atoms with Gasteiger partial charge in [0.1, 0.15) is 11.6 Å². The second-order valence-corrected chi connectivity index (χ2v) is 14.4. The number of piperidine rings is 3. The van der Waals surface area contributed by atoms with E-state index in [1.807, 2.05) is 19.3 Å². The number of rotatable bonds is 8. The number of carbonyl (C=O) groups excluding carboxylic acids is 3. The number of carbonyl (C=O) groups is 3. The molecule has 0 aliphatic carbocycles. The van der Waals surface area contributed by atoms with Crippen LogP contribution in [0.1, 0.15) is 104 Å².